The molecule has 1 aromatic carbocycles. The number of hydrogen-bond acceptors (Lipinski definition) is 5. The van der Waals surface area contributed by atoms with E-state index < -0.39 is 10.0 Å². The summed E-state index contributed by atoms with van der Waals surface area (Å²) in [4.78, 5) is 5.01. The van der Waals surface area contributed by atoms with Gasteiger partial charge < -0.3 is 5.73 Å². The highest BCUT2D eigenvalue weighted by molar-refractivity contribution is 7.99. The molecule has 0 unspecified atom stereocenters. The van der Waals surface area contributed by atoms with Crippen LogP contribution in [0.25, 0.3) is 0 Å². The molecule has 0 aliphatic carbocycles. The summed E-state index contributed by atoms with van der Waals surface area (Å²) in [5.74, 6) is 0. The van der Waals surface area contributed by atoms with Gasteiger partial charge in [0.2, 0.25) is 10.0 Å². The van der Waals surface area contributed by atoms with E-state index in [1.165, 1.54) is 30.9 Å². The van der Waals surface area contributed by atoms with Crippen LogP contribution in [-0.4, -0.2) is 20.4 Å². The normalized spacial score (nSPS) is 11.5. The molecule has 3 N–H and O–H groups in total. The van der Waals surface area contributed by atoms with E-state index in [9.17, 15) is 8.42 Å². The van der Waals surface area contributed by atoms with Crippen LogP contribution in [0.2, 0.25) is 5.02 Å². The fourth-order valence-electron chi connectivity index (χ4n) is 1.44. The highest BCUT2D eigenvalue weighted by atomic mass is 35.5. The molecule has 2 rings (SSSR count). The third-order valence-electron chi connectivity index (χ3n) is 2.48. The monoisotopic (exact) mass is 329 g/mol. The van der Waals surface area contributed by atoms with E-state index in [0.29, 0.717) is 10.7 Å². The number of rotatable bonds is 4. The second-order valence-corrected chi connectivity index (χ2v) is 7.21. The first-order valence-corrected chi connectivity index (χ1v) is 8.22. The Kier molecular flexibility index (Phi) is 4.54. The minimum absolute atomic E-state index is 0.130. The van der Waals surface area contributed by atoms with Gasteiger partial charge in [-0.3, -0.25) is 0 Å². The Morgan fingerprint density at radius 2 is 2.05 bits per heavy atom. The molecule has 1 heterocycles. The van der Waals surface area contributed by atoms with Gasteiger partial charge in [0.1, 0.15) is 5.03 Å². The fourth-order valence-corrected chi connectivity index (χ4v) is 3.10. The van der Waals surface area contributed by atoms with Crippen molar-refractivity contribution >= 4 is 39.1 Å². The average molecular weight is 330 g/mol. The molecule has 0 saturated heterocycles. The smallest absolute Gasteiger partial charge is 0.240 e. The number of pyridine rings is 1. The highest BCUT2D eigenvalue weighted by Crippen LogP contribution is 2.32. The predicted molar refractivity (Wildman–Crippen MR) is 80.5 cm³/mol. The van der Waals surface area contributed by atoms with Gasteiger partial charge in [0.25, 0.3) is 0 Å². The molecule has 0 aliphatic rings. The molecule has 0 spiro atoms. The van der Waals surface area contributed by atoms with Crippen LogP contribution in [0.1, 0.15) is 0 Å². The SMILES string of the molecule is CNS(=O)(=O)c1ccc(Sc2ccc(Cl)cn2)c(N)c1. The Labute approximate surface area is 126 Å². The Morgan fingerprint density at radius 1 is 1.30 bits per heavy atom. The number of nitrogens with two attached hydrogens (primary N) is 1. The molecule has 106 valence electrons. The van der Waals surface area contributed by atoms with Gasteiger partial charge in [0, 0.05) is 16.8 Å². The number of hydrogen-bond donors (Lipinski definition) is 2. The number of nitrogen functional groups attached to an aromatic ring is 1. The maximum atomic E-state index is 11.7. The van der Waals surface area contributed by atoms with E-state index in [2.05, 4.69) is 9.71 Å². The van der Waals surface area contributed by atoms with Crippen LogP contribution in [-0.2, 0) is 10.0 Å². The van der Waals surface area contributed by atoms with Gasteiger partial charge >= 0.3 is 0 Å². The Bertz CT molecular complexity index is 718. The van der Waals surface area contributed by atoms with E-state index in [-0.39, 0.29) is 4.90 Å². The zero-order valence-corrected chi connectivity index (χ0v) is 12.9. The number of nitrogens with zero attached hydrogens (tertiary/aromatic N) is 1. The van der Waals surface area contributed by atoms with Gasteiger partial charge in [0.15, 0.2) is 0 Å². The second-order valence-electron chi connectivity index (χ2n) is 3.82. The quantitative estimate of drug-likeness (QED) is 0.841. The molecule has 0 saturated carbocycles. The highest BCUT2D eigenvalue weighted by Gasteiger charge is 2.13. The van der Waals surface area contributed by atoms with Crippen molar-refractivity contribution in [1.29, 1.82) is 0 Å². The zero-order valence-electron chi connectivity index (χ0n) is 10.5. The van der Waals surface area contributed by atoms with Crippen molar-refractivity contribution in [2.75, 3.05) is 12.8 Å². The molecular formula is C12H12ClN3O2S2. The molecular weight excluding hydrogens is 318 g/mol. The van der Waals surface area contributed by atoms with Crippen LogP contribution in [0.3, 0.4) is 0 Å². The van der Waals surface area contributed by atoms with Crippen LogP contribution in [0, 0.1) is 0 Å². The van der Waals surface area contributed by atoms with E-state index >= 15 is 0 Å². The van der Waals surface area contributed by atoms with Crippen LogP contribution >= 0.6 is 23.4 Å². The first-order chi connectivity index (χ1) is 9.42. The summed E-state index contributed by atoms with van der Waals surface area (Å²) in [6.45, 7) is 0. The minimum atomic E-state index is -3.49. The molecule has 8 heteroatoms. The summed E-state index contributed by atoms with van der Waals surface area (Å²) in [6.07, 6.45) is 1.54. The standard InChI is InChI=1S/C12H12ClN3O2S2/c1-15-20(17,18)9-3-4-11(10(14)6-9)19-12-5-2-8(13)7-16-12/h2-7,15H,14H2,1H3. The predicted octanol–water partition coefficient (Wildman–Crippen LogP) is 2.38. The average Bonchev–Trinajstić information content (AvgIpc) is 2.43. The lowest BCUT2D eigenvalue weighted by Crippen LogP contribution is -2.18. The minimum Gasteiger partial charge on any atom is -0.398 e. The zero-order chi connectivity index (χ0) is 14.8. The lowest BCUT2D eigenvalue weighted by Gasteiger charge is -2.08. The molecule has 0 fully saturated rings. The summed E-state index contributed by atoms with van der Waals surface area (Å²) in [7, 11) is -2.14. The molecule has 0 bridgehead atoms. The molecule has 0 amide bonds. The number of halogens is 1. The second kappa shape index (κ2) is 6.01. The van der Waals surface area contributed by atoms with Crippen LogP contribution in [0.15, 0.2) is 51.3 Å². The van der Waals surface area contributed by atoms with Gasteiger partial charge in [-0.2, -0.15) is 0 Å². The van der Waals surface area contributed by atoms with Crippen molar-refractivity contribution in [2.45, 2.75) is 14.8 Å². The summed E-state index contributed by atoms with van der Waals surface area (Å²) in [5.41, 5.74) is 6.26. The Balaban J connectivity index is 2.29. The molecule has 2 aromatic rings. The first-order valence-electron chi connectivity index (χ1n) is 5.55. The molecule has 20 heavy (non-hydrogen) atoms. The maximum absolute atomic E-state index is 11.7. The third-order valence-corrected chi connectivity index (χ3v) is 5.15. The molecule has 5 nitrogen and oxygen atoms in total. The lowest BCUT2D eigenvalue weighted by molar-refractivity contribution is 0.588. The molecule has 0 atom stereocenters. The van der Waals surface area contributed by atoms with Gasteiger partial charge in [-0.25, -0.2) is 18.1 Å². The van der Waals surface area contributed by atoms with Gasteiger partial charge in [-0.05, 0) is 37.4 Å². The van der Waals surface area contributed by atoms with Crippen LogP contribution in [0.5, 0.6) is 0 Å². The number of nitrogens with one attached hydrogen (secondary N) is 1. The van der Waals surface area contributed by atoms with Gasteiger partial charge in [-0.1, -0.05) is 23.4 Å². The van der Waals surface area contributed by atoms with Crippen molar-refractivity contribution in [3.8, 4) is 0 Å². The summed E-state index contributed by atoms with van der Waals surface area (Å²) < 4.78 is 25.6. The number of benzene rings is 1. The van der Waals surface area contributed by atoms with Crippen molar-refractivity contribution in [3.05, 3.63) is 41.6 Å². The van der Waals surface area contributed by atoms with Crippen molar-refractivity contribution in [2.24, 2.45) is 0 Å². The Hall–Kier alpha value is -1.28. The van der Waals surface area contributed by atoms with E-state index in [0.717, 1.165) is 9.92 Å². The summed E-state index contributed by atoms with van der Waals surface area (Å²) in [5, 5.41) is 1.28. The van der Waals surface area contributed by atoms with Crippen molar-refractivity contribution in [1.82, 2.24) is 9.71 Å². The van der Waals surface area contributed by atoms with Gasteiger partial charge in [-0.15, -0.1) is 0 Å². The maximum Gasteiger partial charge on any atom is 0.240 e. The van der Waals surface area contributed by atoms with E-state index in [1.807, 2.05) is 0 Å². The topological polar surface area (TPSA) is 85.1 Å². The summed E-state index contributed by atoms with van der Waals surface area (Å²) >= 11 is 7.10. The van der Waals surface area contributed by atoms with E-state index in [4.69, 9.17) is 17.3 Å². The first kappa shape index (κ1) is 15.1. The number of aromatic nitrogens is 1. The molecule has 0 radical (unpaired) electrons. The largest absolute Gasteiger partial charge is 0.398 e. The third kappa shape index (κ3) is 3.43. The fraction of sp³-hybridized carbons (Fsp3) is 0.0833. The van der Waals surface area contributed by atoms with E-state index in [1.54, 1.807) is 24.4 Å². The summed E-state index contributed by atoms with van der Waals surface area (Å²) in [6, 6.07) is 8.07. The van der Waals surface area contributed by atoms with Crippen molar-refractivity contribution < 1.29 is 8.42 Å². The Morgan fingerprint density at radius 3 is 2.60 bits per heavy atom. The van der Waals surface area contributed by atoms with Crippen molar-refractivity contribution in [3.63, 3.8) is 0 Å². The molecule has 0 aliphatic heterocycles. The van der Waals surface area contributed by atoms with Crippen LogP contribution in [0.4, 0.5) is 5.69 Å². The number of sulfonamides is 1. The molecule has 1 aromatic heterocycles. The van der Waals surface area contributed by atoms with Gasteiger partial charge in [0.05, 0.1) is 9.92 Å². The van der Waals surface area contributed by atoms with Crippen LogP contribution < -0.4 is 10.5 Å². The number of anilines is 1. The lowest BCUT2D eigenvalue weighted by atomic mass is 10.3.